The normalized spacial score (nSPS) is 17.6. The molecule has 28 heavy (non-hydrogen) atoms. The third-order valence-electron chi connectivity index (χ3n) is 4.98. The van der Waals surface area contributed by atoms with Crippen LogP contribution < -0.4 is 10.2 Å². The Labute approximate surface area is 167 Å². The fraction of sp³-hybridized carbons (Fsp3) is 0.526. The number of benzene rings is 1. The van der Waals surface area contributed by atoms with E-state index in [1.165, 1.54) is 28.8 Å². The third-order valence-corrected chi connectivity index (χ3v) is 5.95. The molecule has 1 aromatic carbocycles. The Hall–Kier alpha value is -1.97. The van der Waals surface area contributed by atoms with E-state index in [9.17, 15) is 9.18 Å². The summed E-state index contributed by atoms with van der Waals surface area (Å²) >= 11 is 1.40. The number of quaternary nitrogens is 1. The molecule has 0 unspecified atom stereocenters. The molecule has 1 aliphatic carbocycles. The molecule has 0 spiro atoms. The van der Waals surface area contributed by atoms with Gasteiger partial charge in [0.25, 0.3) is 0 Å². The number of nitrogens with zero attached hydrogens (tertiary/aromatic N) is 3. The molecule has 4 rings (SSSR count). The first-order valence-corrected chi connectivity index (χ1v) is 10.7. The molecule has 1 saturated heterocycles. The summed E-state index contributed by atoms with van der Waals surface area (Å²) in [5.41, 5.74) is 0.820. The largest absolute Gasteiger partial charge is 0.370 e. The highest BCUT2D eigenvalue weighted by molar-refractivity contribution is 7.99. The Bertz CT molecular complexity index is 803. The number of morpholine rings is 1. The van der Waals surface area contributed by atoms with Crippen molar-refractivity contribution in [2.24, 2.45) is 0 Å². The summed E-state index contributed by atoms with van der Waals surface area (Å²) in [5, 5.41) is 12.4. The summed E-state index contributed by atoms with van der Waals surface area (Å²) in [7, 11) is 0. The lowest BCUT2D eigenvalue weighted by molar-refractivity contribution is -0.908. The van der Waals surface area contributed by atoms with Gasteiger partial charge in [-0.05, 0) is 37.1 Å². The number of nitrogens with one attached hydrogen (secondary N) is 2. The van der Waals surface area contributed by atoms with E-state index in [0.717, 1.165) is 63.0 Å². The summed E-state index contributed by atoms with van der Waals surface area (Å²) < 4.78 is 20.8. The van der Waals surface area contributed by atoms with Crippen molar-refractivity contribution in [3.63, 3.8) is 0 Å². The van der Waals surface area contributed by atoms with Gasteiger partial charge in [-0.15, -0.1) is 10.2 Å². The Balaban J connectivity index is 1.48. The van der Waals surface area contributed by atoms with Crippen LogP contribution in [0.25, 0.3) is 11.4 Å². The van der Waals surface area contributed by atoms with E-state index in [2.05, 4.69) is 15.5 Å². The summed E-state index contributed by atoms with van der Waals surface area (Å²) in [4.78, 5) is 13.5. The van der Waals surface area contributed by atoms with Gasteiger partial charge in [0.15, 0.2) is 11.0 Å². The number of hydrogen-bond donors (Lipinski definition) is 2. The van der Waals surface area contributed by atoms with Crippen LogP contribution in [0.4, 0.5) is 4.39 Å². The minimum absolute atomic E-state index is 0.0317. The monoisotopic (exact) mass is 406 g/mol. The molecule has 1 aliphatic heterocycles. The standard InChI is InChI=1S/C19H24FN5O2S/c20-15-3-1-14(2-4-15)18-22-23-19(28-13-17(26)21-16-5-6-16)25(18)8-7-24-9-11-27-12-10-24/h1-4,16H,5-13H2,(H,21,26)/p+1. The molecule has 2 aliphatic rings. The highest BCUT2D eigenvalue weighted by atomic mass is 32.2. The minimum atomic E-state index is -0.279. The van der Waals surface area contributed by atoms with E-state index in [1.807, 2.05) is 4.57 Å². The summed E-state index contributed by atoms with van der Waals surface area (Å²) in [6.07, 6.45) is 2.15. The van der Waals surface area contributed by atoms with Gasteiger partial charge >= 0.3 is 0 Å². The Morgan fingerprint density at radius 3 is 2.71 bits per heavy atom. The molecule has 2 heterocycles. The highest BCUT2D eigenvalue weighted by Crippen LogP contribution is 2.24. The lowest BCUT2D eigenvalue weighted by atomic mass is 10.2. The number of hydrogen-bond acceptors (Lipinski definition) is 5. The molecule has 2 aromatic rings. The van der Waals surface area contributed by atoms with Gasteiger partial charge in [0.2, 0.25) is 5.91 Å². The van der Waals surface area contributed by atoms with Crippen molar-refractivity contribution in [3.8, 4) is 11.4 Å². The molecular formula is C19H25FN5O2S+. The highest BCUT2D eigenvalue weighted by Gasteiger charge is 2.24. The predicted molar refractivity (Wildman–Crippen MR) is 104 cm³/mol. The summed E-state index contributed by atoms with van der Waals surface area (Å²) in [5.74, 6) is 0.781. The van der Waals surface area contributed by atoms with Crippen LogP contribution in [0.3, 0.4) is 0 Å². The van der Waals surface area contributed by atoms with Gasteiger partial charge in [-0.2, -0.15) is 0 Å². The van der Waals surface area contributed by atoms with E-state index in [1.54, 1.807) is 12.1 Å². The summed E-state index contributed by atoms with van der Waals surface area (Å²) in [6.45, 7) is 5.20. The van der Waals surface area contributed by atoms with E-state index in [-0.39, 0.29) is 11.7 Å². The number of amides is 1. The zero-order valence-electron chi connectivity index (χ0n) is 15.7. The van der Waals surface area contributed by atoms with Crippen LogP contribution in [0.1, 0.15) is 12.8 Å². The van der Waals surface area contributed by atoms with Crippen LogP contribution in [0.2, 0.25) is 0 Å². The molecule has 1 aromatic heterocycles. The number of carbonyl (C=O) groups is 1. The number of rotatable bonds is 8. The quantitative estimate of drug-likeness (QED) is 0.620. The van der Waals surface area contributed by atoms with E-state index in [0.29, 0.717) is 17.6 Å². The predicted octanol–water partition coefficient (Wildman–Crippen LogP) is 0.370. The van der Waals surface area contributed by atoms with Crippen molar-refractivity contribution in [2.75, 3.05) is 38.6 Å². The maximum Gasteiger partial charge on any atom is 0.230 e. The van der Waals surface area contributed by atoms with Gasteiger partial charge in [0.05, 0.1) is 32.1 Å². The van der Waals surface area contributed by atoms with Crippen LogP contribution in [0, 0.1) is 5.82 Å². The van der Waals surface area contributed by atoms with Crippen LogP contribution in [0.15, 0.2) is 29.4 Å². The maximum absolute atomic E-state index is 13.3. The molecule has 0 radical (unpaired) electrons. The Morgan fingerprint density at radius 1 is 1.25 bits per heavy atom. The first-order chi connectivity index (χ1) is 13.7. The second-order valence-electron chi connectivity index (χ2n) is 7.21. The van der Waals surface area contributed by atoms with Crippen LogP contribution in [-0.4, -0.2) is 65.3 Å². The molecule has 0 bridgehead atoms. The lowest BCUT2D eigenvalue weighted by Gasteiger charge is -2.24. The number of thioether (sulfide) groups is 1. The number of ether oxygens (including phenoxy) is 1. The first kappa shape index (κ1) is 19.4. The fourth-order valence-electron chi connectivity index (χ4n) is 3.22. The maximum atomic E-state index is 13.3. The average molecular weight is 407 g/mol. The van der Waals surface area contributed by atoms with Gasteiger partial charge < -0.3 is 15.0 Å². The molecular weight excluding hydrogens is 381 g/mol. The molecule has 0 atom stereocenters. The summed E-state index contributed by atoms with van der Waals surface area (Å²) in [6, 6.07) is 6.64. The number of halogens is 1. The van der Waals surface area contributed by atoms with Crippen LogP contribution >= 0.6 is 11.8 Å². The number of carbonyl (C=O) groups excluding carboxylic acids is 1. The van der Waals surface area contributed by atoms with Crippen molar-refractivity contribution < 1.29 is 18.8 Å². The van der Waals surface area contributed by atoms with E-state index >= 15 is 0 Å². The zero-order chi connectivity index (χ0) is 19.3. The lowest BCUT2D eigenvalue weighted by Crippen LogP contribution is -3.14. The molecule has 150 valence electrons. The van der Waals surface area contributed by atoms with Gasteiger partial charge in [-0.3, -0.25) is 9.36 Å². The fourth-order valence-corrected chi connectivity index (χ4v) is 3.99. The van der Waals surface area contributed by atoms with Crippen molar-refractivity contribution in [3.05, 3.63) is 30.1 Å². The SMILES string of the molecule is O=C(CSc1nnc(-c2ccc(F)cc2)n1CC[NH+]1CCOCC1)NC1CC1. The van der Waals surface area contributed by atoms with Gasteiger partial charge in [-0.1, -0.05) is 11.8 Å². The molecule has 1 saturated carbocycles. The average Bonchev–Trinajstić information content (AvgIpc) is 3.43. The van der Waals surface area contributed by atoms with Crippen LogP contribution in [0.5, 0.6) is 0 Å². The van der Waals surface area contributed by atoms with Crippen molar-refractivity contribution in [1.82, 2.24) is 20.1 Å². The van der Waals surface area contributed by atoms with Gasteiger partial charge in [0.1, 0.15) is 18.9 Å². The molecule has 2 fully saturated rings. The molecule has 2 N–H and O–H groups in total. The second-order valence-corrected chi connectivity index (χ2v) is 8.15. The molecule has 1 amide bonds. The minimum Gasteiger partial charge on any atom is -0.370 e. The zero-order valence-corrected chi connectivity index (χ0v) is 16.5. The van der Waals surface area contributed by atoms with Crippen molar-refractivity contribution in [1.29, 1.82) is 0 Å². The van der Waals surface area contributed by atoms with Gasteiger partial charge in [-0.25, -0.2) is 4.39 Å². The van der Waals surface area contributed by atoms with Crippen molar-refractivity contribution >= 4 is 17.7 Å². The third kappa shape index (κ3) is 5.09. The smallest absolute Gasteiger partial charge is 0.230 e. The van der Waals surface area contributed by atoms with E-state index in [4.69, 9.17) is 4.74 Å². The van der Waals surface area contributed by atoms with Gasteiger partial charge in [0, 0.05) is 11.6 Å². The first-order valence-electron chi connectivity index (χ1n) is 9.71. The Morgan fingerprint density at radius 2 is 2.00 bits per heavy atom. The number of aromatic nitrogens is 3. The molecule has 9 heteroatoms. The second kappa shape index (κ2) is 9.02. The van der Waals surface area contributed by atoms with Crippen molar-refractivity contribution in [2.45, 2.75) is 30.6 Å². The topological polar surface area (TPSA) is 73.5 Å². The Kier molecular flexibility index (Phi) is 6.23. The molecule has 7 nitrogen and oxygen atoms in total. The van der Waals surface area contributed by atoms with E-state index < -0.39 is 0 Å². The van der Waals surface area contributed by atoms with Crippen LogP contribution in [-0.2, 0) is 16.1 Å².